The number of nitrogens with zero attached hydrogens (tertiary/aromatic N) is 3. The number of aromatic nitrogens is 3. The highest BCUT2D eigenvalue weighted by Crippen LogP contribution is 2.40. The van der Waals surface area contributed by atoms with Crippen LogP contribution in [0, 0.1) is 0 Å². The van der Waals surface area contributed by atoms with Crippen molar-refractivity contribution in [2.75, 3.05) is 31.0 Å². The fourth-order valence-electron chi connectivity index (χ4n) is 4.97. The molecule has 6 rings (SSSR count). The molecule has 1 fully saturated rings. The van der Waals surface area contributed by atoms with Crippen molar-refractivity contribution in [1.29, 1.82) is 0 Å². The summed E-state index contributed by atoms with van der Waals surface area (Å²) in [5.74, 6) is 2.51. The van der Waals surface area contributed by atoms with E-state index in [4.69, 9.17) is 26.1 Å². The first kappa shape index (κ1) is 23.8. The lowest BCUT2D eigenvalue weighted by Gasteiger charge is -2.34. The molecule has 1 saturated heterocycles. The summed E-state index contributed by atoms with van der Waals surface area (Å²) in [6.45, 7) is 1.62. The lowest BCUT2D eigenvalue weighted by molar-refractivity contribution is 0.174. The lowest BCUT2D eigenvalue weighted by Crippen LogP contribution is -2.34. The lowest BCUT2D eigenvalue weighted by atomic mass is 9.95. The van der Waals surface area contributed by atoms with E-state index in [0.717, 1.165) is 47.1 Å². The molecule has 0 unspecified atom stereocenters. The van der Waals surface area contributed by atoms with Gasteiger partial charge < -0.3 is 19.4 Å². The zero-order chi connectivity index (χ0) is 25.6. The standard InChI is InChI=1S/C27H25ClN4O4S/c1-37(33,34)24-15-19(28)6-7-21(24)32-12-9-17(10-13-32)27-30-25(26(31-27)20-4-2-3-11-29-20)18-5-8-22-23(14-18)36-16-35-22/h2-8,11,14-15,17H,9-10,12-13,16H2,1H3,(H,30,31). The normalized spacial score (nSPS) is 15.8. The van der Waals surface area contributed by atoms with Crippen LogP contribution < -0.4 is 14.4 Å². The summed E-state index contributed by atoms with van der Waals surface area (Å²) in [6.07, 6.45) is 4.63. The quantitative estimate of drug-likeness (QED) is 0.369. The number of sulfone groups is 1. The predicted molar refractivity (Wildman–Crippen MR) is 142 cm³/mol. The Labute approximate surface area is 220 Å². The number of hydrogen-bond acceptors (Lipinski definition) is 7. The minimum atomic E-state index is -3.41. The number of hydrogen-bond donors (Lipinski definition) is 1. The van der Waals surface area contributed by atoms with Crippen molar-refractivity contribution in [3.63, 3.8) is 0 Å². The van der Waals surface area contributed by atoms with Gasteiger partial charge in [-0.25, -0.2) is 13.4 Å². The molecule has 0 amide bonds. The molecule has 0 atom stereocenters. The van der Waals surface area contributed by atoms with Crippen LogP contribution in [0.1, 0.15) is 24.6 Å². The Hall–Kier alpha value is -3.56. The van der Waals surface area contributed by atoms with E-state index in [-0.39, 0.29) is 17.6 Å². The molecule has 0 saturated carbocycles. The Morgan fingerprint density at radius 1 is 1.03 bits per heavy atom. The number of nitrogens with one attached hydrogen (secondary N) is 1. The summed E-state index contributed by atoms with van der Waals surface area (Å²) in [5, 5.41) is 0.410. The summed E-state index contributed by atoms with van der Waals surface area (Å²) in [4.78, 5) is 15.5. The molecule has 4 aromatic rings. The molecule has 37 heavy (non-hydrogen) atoms. The smallest absolute Gasteiger partial charge is 0.231 e. The predicted octanol–water partition coefficient (Wildman–Crippen LogP) is 5.31. The molecule has 0 bridgehead atoms. The molecule has 4 heterocycles. The van der Waals surface area contributed by atoms with Crippen LogP contribution in [0.25, 0.3) is 22.6 Å². The molecule has 8 nitrogen and oxygen atoms in total. The van der Waals surface area contributed by atoms with Gasteiger partial charge in [-0.1, -0.05) is 17.7 Å². The van der Waals surface area contributed by atoms with E-state index in [2.05, 4.69) is 14.9 Å². The number of H-pyrrole nitrogens is 1. The number of ether oxygens (including phenoxy) is 2. The molecule has 0 aliphatic carbocycles. The number of imidazole rings is 1. The van der Waals surface area contributed by atoms with Gasteiger partial charge in [-0.2, -0.15) is 0 Å². The molecule has 10 heteroatoms. The van der Waals surface area contributed by atoms with Crippen molar-refractivity contribution in [3.8, 4) is 34.1 Å². The second-order valence-electron chi connectivity index (χ2n) is 9.27. The van der Waals surface area contributed by atoms with Crippen molar-refractivity contribution in [1.82, 2.24) is 15.0 Å². The second kappa shape index (κ2) is 9.39. The van der Waals surface area contributed by atoms with Gasteiger partial charge in [0.15, 0.2) is 21.3 Å². The highest BCUT2D eigenvalue weighted by molar-refractivity contribution is 7.90. The summed E-state index contributed by atoms with van der Waals surface area (Å²) >= 11 is 6.10. The number of benzene rings is 2. The molecule has 190 valence electrons. The monoisotopic (exact) mass is 536 g/mol. The molecular weight excluding hydrogens is 512 g/mol. The van der Waals surface area contributed by atoms with Crippen molar-refractivity contribution in [2.24, 2.45) is 0 Å². The number of fused-ring (bicyclic) bond motifs is 1. The van der Waals surface area contributed by atoms with Crippen LogP contribution in [0.4, 0.5) is 5.69 Å². The van der Waals surface area contributed by atoms with Crippen molar-refractivity contribution < 1.29 is 17.9 Å². The Kier molecular flexibility index (Phi) is 6.04. The Bertz CT molecular complexity index is 1560. The fraction of sp³-hybridized carbons (Fsp3) is 0.259. The highest BCUT2D eigenvalue weighted by atomic mass is 35.5. The third-order valence-electron chi connectivity index (χ3n) is 6.83. The zero-order valence-electron chi connectivity index (χ0n) is 20.1. The SMILES string of the molecule is CS(=O)(=O)c1cc(Cl)ccc1N1CCC(c2nc(-c3ccc4c(c3)OCO4)c(-c3ccccn3)[nH]2)CC1. The molecule has 2 aliphatic rings. The Morgan fingerprint density at radius 2 is 1.84 bits per heavy atom. The maximum absolute atomic E-state index is 12.4. The minimum absolute atomic E-state index is 0.190. The zero-order valence-corrected chi connectivity index (χ0v) is 21.7. The summed E-state index contributed by atoms with van der Waals surface area (Å²) < 4.78 is 35.8. The van der Waals surface area contributed by atoms with Gasteiger partial charge in [-0.15, -0.1) is 0 Å². The number of anilines is 1. The van der Waals surface area contributed by atoms with Crippen LogP contribution in [-0.2, 0) is 9.84 Å². The van der Waals surface area contributed by atoms with E-state index in [1.54, 1.807) is 18.3 Å². The maximum Gasteiger partial charge on any atom is 0.231 e. The van der Waals surface area contributed by atoms with Gasteiger partial charge >= 0.3 is 0 Å². The van der Waals surface area contributed by atoms with Crippen LogP contribution in [0.2, 0.25) is 5.02 Å². The van der Waals surface area contributed by atoms with E-state index < -0.39 is 9.84 Å². The van der Waals surface area contributed by atoms with Gasteiger partial charge in [0.2, 0.25) is 6.79 Å². The number of piperidine rings is 1. The topological polar surface area (TPSA) is 97.4 Å². The van der Waals surface area contributed by atoms with E-state index in [0.29, 0.717) is 29.5 Å². The summed E-state index contributed by atoms with van der Waals surface area (Å²) in [5.41, 5.74) is 4.09. The Balaban J connectivity index is 1.30. The molecule has 2 aromatic carbocycles. The van der Waals surface area contributed by atoms with E-state index in [1.807, 2.05) is 36.4 Å². The Morgan fingerprint density at radius 3 is 2.59 bits per heavy atom. The summed E-state index contributed by atoms with van der Waals surface area (Å²) in [7, 11) is -3.41. The average molecular weight is 537 g/mol. The number of aromatic amines is 1. The first-order valence-corrected chi connectivity index (χ1v) is 14.3. The van der Waals surface area contributed by atoms with Crippen molar-refractivity contribution >= 4 is 27.1 Å². The van der Waals surface area contributed by atoms with Crippen molar-refractivity contribution in [2.45, 2.75) is 23.7 Å². The van der Waals surface area contributed by atoms with Crippen LogP contribution in [0.15, 0.2) is 65.7 Å². The van der Waals surface area contributed by atoms with E-state index in [1.165, 1.54) is 12.3 Å². The highest BCUT2D eigenvalue weighted by Gasteiger charge is 2.28. The summed E-state index contributed by atoms with van der Waals surface area (Å²) in [6, 6.07) is 16.7. The van der Waals surface area contributed by atoms with Gasteiger partial charge in [0.25, 0.3) is 0 Å². The molecule has 2 aliphatic heterocycles. The van der Waals surface area contributed by atoms with Crippen LogP contribution in [0.5, 0.6) is 11.5 Å². The van der Waals surface area contributed by atoms with Gasteiger partial charge in [-0.05, 0) is 61.4 Å². The van der Waals surface area contributed by atoms with Crippen LogP contribution in [-0.4, -0.2) is 49.5 Å². The van der Waals surface area contributed by atoms with E-state index in [9.17, 15) is 8.42 Å². The third kappa shape index (κ3) is 4.65. The first-order valence-electron chi connectivity index (χ1n) is 12.0. The second-order valence-corrected chi connectivity index (χ2v) is 11.7. The van der Waals surface area contributed by atoms with Gasteiger partial charge in [-0.3, -0.25) is 4.98 Å². The van der Waals surface area contributed by atoms with Crippen LogP contribution >= 0.6 is 11.6 Å². The molecule has 1 N–H and O–H groups in total. The average Bonchev–Trinajstić information content (AvgIpc) is 3.56. The fourth-order valence-corrected chi connectivity index (χ4v) is 6.13. The van der Waals surface area contributed by atoms with Gasteiger partial charge in [0.05, 0.1) is 27.7 Å². The van der Waals surface area contributed by atoms with Gasteiger partial charge in [0, 0.05) is 42.0 Å². The number of pyridine rings is 1. The molecular formula is C27H25ClN4O4S. The minimum Gasteiger partial charge on any atom is -0.454 e. The first-order chi connectivity index (χ1) is 17.9. The maximum atomic E-state index is 12.4. The largest absolute Gasteiger partial charge is 0.454 e. The number of halogens is 1. The van der Waals surface area contributed by atoms with Crippen LogP contribution in [0.3, 0.4) is 0 Å². The van der Waals surface area contributed by atoms with Crippen molar-refractivity contribution in [3.05, 3.63) is 71.6 Å². The third-order valence-corrected chi connectivity index (χ3v) is 8.19. The van der Waals surface area contributed by atoms with E-state index >= 15 is 0 Å². The number of rotatable bonds is 5. The molecule has 0 radical (unpaired) electrons. The van der Waals surface area contributed by atoms with Gasteiger partial charge in [0.1, 0.15) is 5.82 Å². The molecule has 0 spiro atoms. The molecule has 2 aromatic heterocycles.